The van der Waals surface area contributed by atoms with E-state index in [1.54, 1.807) is 11.8 Å². The van der Waals surface area contributed by atoms with E-state index in [-0.39, 0.29) is 11.9 Å². The maximum atomic E-state index is 12.4. The van der Waals surface area contributed by atoms with Crippen molar-refractivity contribution in [1.82, 2.24) is 4.90 Å². The number of benzene rings is 1. The molecular formula is C19H21BrN2O3S2. The predicted molar refractivity (Wildman–Crippen MR) is 115 cm³/mol. The molecule has 1 aliphatic heterocycles. The summed E-state index contributed by atoms with van der Waals surface area (Å²) in [5.41, 5.74) is 2.71. The molecule has 3 rings (SSSR count). The Kier molecular flexibility index (Phi) is 6.97. The predicted octanol–water partition coefficient (Wildman–Crippen LogP) is 4.16. The van der Waals surface area contributed by atoms with Crippen LogP contribution in [0.15, 0.2) is 28.7 Å². The van der Waals surface area contributed by atoms with Crippen LogP contribution in [0.4, 0.5) is 5.00 Å². The zero-order valence-electron chi connectivity index (χ0n) is 15.2. The summed E-state index contributed by atoms with van der Waals surface area (Å²) < 4.78 is 5.99. The first-order valence-corrected chi connectivity index (χ1v) is 11.3. The zero-order valence-corrected chi connectivity index (χ0v) is 18.4. The molecule has 0 saturated heterocycles. The molecule has 1 amide bonds. The van der Waals surface area contributed by atoms with Crippen molar-refractivity contribution in [2.24, 2.45) is 0 Å². The third kappa shape index (κ3) is 5.13. The lowest BCUT2D eigenvalue weighted by molar-refractivity contribution is -0.113. The van der Waals surface area contributed by atoms with E-state index < -0.39 is 0 Å². The molecule has 144 valence electrons. The topological polar surface area (TPSA) is 58.6 Å². The minimum Gasteiger partial charge on any atom is -0.465 e. The Bertz CT molecular complexity index is 836. The lowest BCUT2D eigenvalue weighted by Crippen LogP contribution is -2.26. The minimum absolute atomic E-state index is 0.103. The average Bonchev–Trinajstić information content (AvgIpc) is 2.99. The number of thiophene rings is 1. The second kappa shape index (κ2) is 9.23. The highest BCUT2D eigenvalue weighted by Gasteiger charge is 2.28. The zero-order chi connectivity index (χ0) is 19.4. The van der Waals surface area contributed by atoms with Gasteiger partial charge in [0.05, 0.1) is 18.4 Å². The van der Waals surface area contributed by atoms with E-state index in [0.717, 1.165) is 40.2 Å². The molecule has 0 radical (unpaired) electrons. The Balaban J connectivity index is 1.64. The van der Waals surface area contributed by atoms with Crippen molar-refractivity contribution in [2.75, 3.05) is 31.8 Å². The highest BCUT2D eigenvalue weighted by atomic mass is 79.9. The summed E-state index contributed by atoms with van der Waals surface area (Å²) in [5.74, 6) is 0.610. The number of halogens is 1. The van der Waals surface area contributed by atoms with Crippen LogP contribution in [0.3, 0.4) is 0 Å². The number of nitrogens with zero attached hydrogens (tertiary/aromatic N) is 1. The molecule has 1 aliphatic rings. The van der Waals surface area contributed by atoms with Crippen molar-refractivity contribution in [3.63, 3.8) is 0 Å². The number of anilines is 1. The van der Waals surface area contributed by atoms with E-state index in [1.807, 2.05) is 24.3 Å². The van der Waals surface area contributed by atoms with Crippen LogP contribution in [0.5, 0.6) is 0 Å². The van der Waals surface area contributed by atoms with Crippen molar-refractivity contribution in [2.45, 2.75) is 18.7 Å². The summed E-state index contributed by atoms with van der Waals surface area (Å²) in [6, 6.07) is 8.06. The summed E-state index contributed by atoms with van der Waals surface area (Å²) in [5, 5.41) is 3.53. The number of hydrogen-bond donors (Lipinski definition) is 1. The first kappa shape index (κ1) is 20.4. The van der Waals surface area contributed by atoms with Gasteiger partial charge >= 0.3 is 5.97 Å². The third-order valence-electron chi connectivity index (χ3n) is 4.31. The maximum absolute atomic E-state index is 12.4. The number of hydrogen-bond acceptors (Lipinski definition) is 6. The van der Waals surface area contributed by atoms with Crippen LogP contribution in [0.1, 0.15) is 26.4 Å². The van der Waals surface area contributed by atoms with Gasteiger partial charge < -0.3 is 15.0 Å². The summed E-state index contributed by atoms with van der Waals surface area (Å²) >= 11 is 6.44. The Morgan fingerprint density at radius 3 is 2.78 bits per heavy atom. The second-order valence-corrected chi connectivity index (χ2v) is 9.36. The van der Waals surface area contributed by atoms with Gasteiger partial charge in [-0.05, 0) is 36.7 Å². The van der Waals surface area contributed by atoms with Gasteiger partial charge in [0.25, 0.3) is 0 Å². The normalized spacial score (nSPS) is 13.9. The lowest BCUT2D eigenvalue weighted by Gasteiger charge is -2.22. The first-order valence-electron chi connectivity index (χ1n) is 8.51. The first-order chi connectivity index (χ1) is 13.0. The van der Waals surface area contributed by atoms with Gasteiger partial charge in [-0.2, -0.15) is 0 Å². The van der Waals surface area contributed by atoms with Crippen molar-refractivity contribution < 1.29 is 14.3 Å². The molecule has 1 aromatic heterocycles. The SMILES string of the molecule is COC(=O)c1c(NC(=O)CSCc2ccc(Br)cc2)sc2c1CCN(C)C2. The van der Waals surface area contributed by atoms with Gasteiger partial charge in [0.1, 0.15) is 5.00 Å². The van der Waals surface area contributed by atoms with Gasteiger partial charge in [-0.25, -0.2) is 4.79 Å². The number of amides is 1. The van der Waals surface area contributed by atoms with E-state index in [0.29, 0.717) is 16.3 Å². The number of ether oxygens (including phenoxy) is 1. The number of esters is 1. The van der Waals surface area contributed by atoms with E-state index in [4.69, 9.17) is 4.74 Å². The highest BCUT2D eigenvalue weighted by Crippen LogP contribution is 2.37. The van der Waals surface area contributed by atoms with Crippen molar-refractivity contribution in [1.29, 1.82) is 0 Å². The molecule has 2 aromatic rings. The number of thioether (sulfide) groups is 1. The molecule has 1 aromatic carbocycles. The second-order valence-electron chi connectivity index (χ2n) is 6.35. The molecule has 5 nitrogen and oxygen atoms in total. The fourth-order valence-corrected chi connectivity index (χ4v) is 5.33. The third-order valence-corrected chi connectivity index (χ3v) is 6.97. The van der Waals surface area contributed by atoms with E-state index in [1.165, 1.54) is 24.0 Å². The molecule has 8 heteroatoms. The molecule has 0 bridgehead atoms. The van der Waals surface area contributed by atoms with Gasteiger partial charge in [-0.3, -0.25) is 4.79 Å². The van der Waals surface area contributed by atoms with Crippen LogP contribution >= 0.6 is 39.0 Å². The number of rotatable bonds is 6. The van der Waals surface area contributed by atoms with E-state index in [9.17, 15) is 9.59 Å². The van der Waals surface area contributed by atoms with Gasteiger partial charge in [0.15, 0.2) is 0 Å². The van der Waals surface area contributed by atoms with Gasteiger partial charge in [0, 0.05) is 28.2 Å². The monoisotopic (exact) mass is 468 g/mol. The van der Waals surface area contributed by atoms with E-state index >= 15 is 0 Å². The Labute approximate surface area is 175 Å². The van der Waals surface area contributed by atoms with Crippen LogP contribution < -0.4 is 5.32 Å². The molecule has 27 heavy (non-hydrogen) atoms. The van der Waals surface area contributed by atoms with Gasteiger partial charge in [0.2, 0.25) is 5.91 Å². The number of fused-ring (bicyclic) bond motifs is 1. The number of likely N-dealkylation sites (N-methyl/N-ethyl adjacent to an activating group) is 1. The molecule has 1 N–H and O–H groups in total. The minimum atomic E-state index is -0.380. The molecule has 0 atom stereocenters. The lowest BCUT2D eigenvalue weighted by atomic mass is 10.0. The number of methoxy groups -OCH3 is 1. The molecule has 0 spiro atoms. The van der Waals surface area contributed by atoms with Crippen LogP contribution in [0, 0.1) is 0 Å². The van der Waals surface area contributed by atoms with Gasteiger partial charge in [-0.1, -0.05) is 28.1 Å². The fourth-order valence-electron chi connectivity index (χ4n) is 2.94. The summed E-state index contributed by atoms with van der Waals surface area (Å²) in [6.07, 6.45) is 0.793. The molecule has 0 aliphatic carbocycles. The van der Waals surface area contributed by atoms with Crippen LogP contribution in [-0.4, -0.2) is 43.2 Å². The number of carbonyl (C=O) groups is 2. The number of carbonyl (C=O) groups excluding carboxylic acids is 2. The van der Waals surface area contributed by atoms with Crippen LogP contribution in [0.2, 0.25) is 0 Å². The van der Waals surface area contributed by atoms with Gasteiger partial charge in [-0.15, -0.1) is 23.1 Å². The van der Waals surface area contributed by atoms with Crippen LogP contribution in [-0.2, 0) is 28.2 Å². The summed E-state index contributed by atoms with van der Waals surface area (Å²) in [7, 11) is 3.43. The Morgan fingerprint density at radius 2 is 2.07 bits per heavy atom. The standard InChI is InChI=1S/C19H21BrN2O3S2/c1-22-8-7-14-15(9-22)27-18(17(14)19(24)25-2)21-16(23)11-26-10-12-3-5-13(20)6-4-12/h3-6H,7-11H2,1-2H3,(H,21,23). The average molecular weight is 469 g/mol. The van der Waals surface area contributed by atoms with E-state index in [2.05, 4.69) is 33.2 Å². The maximum Gasteiger partial charge on any atom is 0.341 e. The van der Waals surface area contributed by atoms with Crippen molar-refractivity contribution >= 4 is 55.9 Å². The number of nitrogens with one attached hydrogen (secondary N) is 1. The van der Waals surface area contributed by atoms with Crippen molar-refractivity contribution in [3.8, 4) is 0 Å². The molecular weight excluding hydrogens is 448 g/mol. The van der Waals surface area contributed by atoms with Crippen LogP contribution in [0.25, 0.3) is 0 Å². The quantitative estimate of drug-likeness (QED) is 0.644. The molecule has 0 saturated carbocycles. The largest absolute Gasteiger partial charge is 0.465 e. The summed E-state index contributed by atoms with van der Waals surface area (Å²) in [6.45, 7) is 1.68. The highest BCUT2D eigenvalue weighted by molar-refractivity contribution is 9.10. The molecule has 2 heterocycles. The Morgan fingerprint density at radius 1 is 1.33 bits per heavy atom. The van der Waals surface area contributed by atoms with Crippen molar-refractivity contribution in [3.05, 3.63) is 50.3 Å². The Hall–Kier alpha value is -1.35. The fraction of sp³-hybridized carbons (Fsp3) is 0.368. The molecule has 0 unspecified atom stereocenters. The smallest absolute Gasteiger partial charge is 0.341 e. The summed E-state index contributed by atoms with van der Waals surface area (Å²) in [4.78, 5) is 28.0. The molecule has 0 fully saturated rings.